The zero-order valence-electron chi connectivity index (χ0n) is 15.6. The van der Waals surface area contributed by atoms with E-state index in [1.54, 1.807) is 7.11 Å². The Balaban J connectivity index is 2.00. The number of rotatable bonds is 8. The molecule has 0 aliphatic rings. The van der Waals surface area contributed by atoms with Gasteiger partial charge in [0.15, 0.2) is 5.96 Å². The second kappa shape index (κ2) is 10.2. The fourth-order valence-corrected chi connectivity index (χ4v) is 3.69. The van der Waals surface area contributed by atoms with Crippen LogP contribution in [-0.2, 0) is 24.3 Å². The van der Waals surface area contributed by atoms with Crippen LogP contribution in [0.4, 0.5) is 0 Å². The lowest BCUT2D eigenvalue weighted by molar-refractivity contribution is 0.184. The van der Waals surface area contributed by atoms with Gasteiger partial charge in [-0.25, -0.2) is 4.99 Å². The number of benzene rings is 1. The summed E-state index contributed by atoms with van der Waals surface area (Å²) in [7, 11) is 1.72. The zero-order chi connectivity index (χ0) is 18.1. The summed E-state index contributed by atoms with van der Waals surface area (Å²) < 4.78 is 5.28. The molecule has 1 aromatic heterocycles. The molecule has 0 radical (unpaired) electrons. The van der Waals surface area contributed by atoms with E-state index in [1.165, 1.54) is 20.9 Å². The van der Waals surface area contributed by atoms with Crippen molar-refractivity contribution < 1.29 is 4.74 Å². The summed E-state index contributed by atoms with van der Waals surface area (Å²) in [6.45, 7) is 8.53. The van der Waals surface area contributed by atoms with Crippen LogP contribution >= 0.6 is 11.3 Å². The molecule has 0 spiro atoms. The molecular formula is C20H29N3OS. The highest BCUT2D eigenvalue weighted by Gasteiger charge is 2.08. The number of aliphatic imine (C=N–C) groups is 1. The van der Waals surface area contributed by atoms with E-state index in [0.29, 0.717) is 19.2 Å². The first-order valence-electron chi connectivity index (χ1n) is 8.78. The molecule has 4 nitrogen and oxygen atoms in total. The van der Waals surface area contributed by atoms with Crippen LogP contribution in [0.5, 0.6) is 0 Å². The number of aryl methyl sites for hydroxylation is 1. The number of methoxy groups -OCH3 is 1. The van der Waals surface area contributed by atoms with Gasteiger partial charge in [-0.1, -0.05) is 24.3 Å². The normalized spacial score (nSPS) is 12.9. The molecule has 136 valence electrons. The minimum absolute atomic E-state index is 0.324. The molecule has 0 bridgehead atoms. The van der Waals surface area contributed by atoms with Crippen LogP contribution in [0.25, 0.3) is 0 Å². The maximum Gasteiger partial charge on any atom is 0.191 e. The molecule has 2 aromatic rings. The summed E-state index contributed by atoms with van der Waals surface area (Å²) in [4.78, 5) is 7.52. The SMILES string of the molecule is CCNC(=NCc1ccccc1COC)NC(C)Cc1ccc(C)s1. The first-order valence-corrected chi connectivity index (χ1v) is 9.60. The summed E-state index contributed by atoms with van der Waals surface area (Å²) in [5.74, 6) is 0.857. The van der Waals surface area contributed by atoms with Crippen molar-refractivity contribution in [3.8, 4) is 0 Å². The van der Waals surface area contributed by atoms with Crippen molar-refractivity contribution in [2.24, 2.45) is 4.99 Å². The van der Waals surface area contributed by atoms with E-state index in [4.69, 9.17) is 9.73 Å². The Kier molecular flexibility index (Phi) is 7.95. The third kappa shape index (κ3) is 6.52. The summed E-state index contributed by atoms with van der Waals surface area (Å²) in [5.41, 5.74) is 2.38. The van der Waals surface area contributed by atoms with Crippen LogP contribution < -0.4 is 10.6 Å². The highest BCUT2D eigenvalue weighted by Crippen LogP contribution is 2.16. The van der Waals surface area contributed by atoms with Crippen LogP contribution in [0.3, 0.4) is 0 Å². The smallest absolute Gasteiger partial charge is 0.191 e. The summed E-state index contributed by atoms with van der Waals surface area (Å²) in [6, 6.07) is 13.0. The van der Waals surface area contributed by atoms with Crippen molar-refractivity contribution in [3.05, 3.63) is 57.3 Å². The lowest BCUT2D eigenvalue weighted by Crippen LogP contribution is -2.43. The van der Waals surface area contributed by atoms with Crippen molar-refractivity contribution in [1.82, 2.24) is 10.6 Å². The second-order valence-electron chi connectivity index (χ2n) is 6.16. The van der Waals surface area contributed by atoms with E-state index < -0.39 is 0 Å². The first-order chi connectivity index (χ1) is 12.1. The molecule has 0 saturated heterocycles. The molecule has 1 unspecified atom stereocenters. The number of nitrogens with one attached hydrogen (secondary N) is 2. The third-order valence-corrected chi connectivity index (χ3v) is 4.88. The topological polar surface area (TPSA) is 45.7 Å². The lowest BCUT2D eigenvalue weighted by Gasteiger charge is -2.17. The monoisotopic (exact) mass is 359 g/mol. The predicted molar refractivity (Wildman–Crippen MR) is 107 cm³/mol. The Morgan fingerprint density at radius 3 is 2.60 bits per heavy atom. The minimum Gasteiger partial charge on any atom is -0.380 e. The van der Waals surface area contributed by atoms with Gasteiger partial charge in [0.05, 0.1) is 13.2 Å². The van der Waals surface area contributed by atoms with Gasteiger partial charge in [0.1, 0.15) is 0 Å². The molecule has 5 heteroatoms. The van der Waals surface area contributed by atoms with Gasteiger partial charge in [-0.15, -0.1) is 11.3 Å². The van der Waals surface area contributed by atoms with E-state index in [1.807, 2.05) is 23.5 Å². The molecule has 1 atom stereocenters. The average molecular weight is 360 g/mol. The van der Waals surface area contributed by atoms with E-state index in [9.17, 15) is 0 Å². The fourth-order valence-electron chi connectivity index (χ4n) is 2.67. The Bertz CT molecular complexity index is 681. The third-order valence-electron chi connectivity index (χ3n) is 3.86. The average Bonchev–Trinajstić information content (AvgIpc) is 2.99. The largest absolute Gasteiger partial charge is 0.380 e. The van der Waals surface area contributed by atoms with Gasteiger partial charge in [-0.05, 0) is 44.0 Å². The van der Waals surface area contributed by atoms with Crippen molar-refractivity contribution >= 4 is 17.3 Å². The molecule has 0 saturated carbocycles. The number of hydrogen-bond acceptors (Lipinski definition) is 3. The molecule has 2 N–H and O–H groups in total. The van der Waals surface area contributed by atoms with Crippen LogP contribution in [0.2, 0.25) is 0 Å². The van der Waals surface area contributed by atoms with Crippen LogP contribution in [0.1, 0.15) is 34.7 Å². The predicted octanol–water partition coefficient (Wildman–Crippen LogP) is 3.89. The summed E-state index contributed by atoms with van der Waals surface area (Å²) in [5, 5.41) is 6.85. The van der Waals surface area contributed by atoms with Gasteiger partial charge < -0.3 is 15.4 Å². The van der Waals surface area contributed by atoms with Crippen LogP contribution in [0, 0.1) is 6.92 Å². The molecule has 0 amide bonds. The zero-order valence-corrected chi connectivity index (χ0v) is 16.5. The highest BCUT2D eigenvalue weighted by atomic mass is 32.1. The number of guanidine groups is 1. The molecule has 0 fully saturated rings. The van der Waals surface area contributed by atoms with Gasteiger partial charge in [0, 0.05) is 35.9 Å². The van der Waals surface area contributed by atoms with Gasteiger partial charge in [-0.3, -0.25) is 0 Å². The molecular weight excluding hydrogens is 330 g/mol. The first kappa shape index (κ1) is 19.5. The van der Waals surface area contributed by atoms with Crippen LogP contribution in [0.15, 0.2) is 41.4 Å². The van der Waals surface area contributed by atoms with Gasteiger partial charge >= 0.3 is 0 Å². The molecule has 2 rings (SSSR count). The Hall–Kier alpha value is -1.85. The Labute approximate surface area is 155 Å². The quantitative estimate of drug-likeness (QED) is 0.555. The maximum absolute atomic E-state index is 5.28. The summed E-state index contributed by atoms with van der Waals surface area (Å²) in [6.07, 6.45) is 1.00. The maximum atomic E-state index is 5.28. The van der Waals surface area contributed by atoms with Gasteiger partial charge in [0.2, 0.25) is 0 Å². The molecule has 0 aliphatic heterocycles. The number of ether oxygens (including phenoxy) is 1. The van der Waals surface area contributed by atoms with Gasteiger partial charge in [-0.2, -0.15) is 0 Å². The fraction of sp³-hybridized carbons (Fsp3) is 0.450. The minimum atomic E-state index is 0.324. The van der Waals surface area contributed by atoms with E-state index in [-0.39, 0.29) is 0 Å². The number of hydrogen-bond donors (Lipinski definition) is 2. The second-order valence-corrected chi connectivity index (χ2v) is 7.53. The van der Waals surface area contributed by atoms with Crippen molar-refractivity contribution in [2.45, 2.75) is 46.4 Å². The van der Waals surface area contributed by atoms with E-state index in [0.717, 1.165) is 18.9 Å². The van der Waals surface area contributed by atoms with Crippen LogP contribution in [-0.4, -0.2) is 25.7 Å². The van der Waals surface area contributed by atoms with Crippen molar-refractivity contribution in [3.63, 3.8) is 0 Å². The van der Waals surface area contributed by atoms with E-state index in [2.05, 4.69) is 55.7 Å². The van der Waals surface area contributed by atoms with Crippen molar-refractivity contribution in [1.29, 1.82) is 0 Å². The standard InChI is InChI=1S/C20H29N3OS/c1-5-21-20(23-15(2)12-19-11-10-16(3)25-19)22-13-17-8-6-7-9-18(17)14-24-4/h6-11,15H,5,12-14H2,1-4H3,(H2,21,22,23). The highest BCUT2D eigenvalue weighted by molar-refractivity contribution is 7.11. The summed E-state index contributed by atoms with van der Waals surface area (Å²) >= 11 is 1.86. The van der Waals surface area contributed by atoms with Crippen molar-refractivity contribution in [2.75, 3.05) is 13.7 Å². The lowest BCUT2D eigenvalue weighted by atomic mass is 10.1. The molecule has 1 heterocycles. The molecule has 1 aromatic carbocycles. The number of nitrogens with zero attached hydrogens (tertiary/aromatic N) is 1. The Morgan fingerprint density at radius 2 is 1.96 bits per heavy atom. The van der Waals surface area contributed by atoms with E-state index >= 15 is 0 Å². The molecule has 25 heavy (non-hydrogen) atoms. The Morgan fingerprint density at radius 1 is 1.20 bits per heavy atom. The number of thiophene rings is 1. The molecule has 0 aliphatic carbocycles. The van der Waals surface area contributed by atoms with Gasteiger partial charge in [0.25, 0.3) is 0 Å².